The van der Waals surface area contributed by atoms with Gasteiger partial charge in [0.05, 0.1) is 15.9 Å². The fourth-order valence-electron chi connectivity index (χ4n) is 4.92. The van der Waals surface area contributed by atoms with Crippen molar-refractivity contribution in [2.75, 3.05) is 18.8 Å². The summed E-state index contributed by atoms with van der Waals surface area (Å²) < 4.78 is 28.5. The SMILES string of the molecule is CC(C)CN(C[C@@H](O)[C@@H](/C=C/[C@H](N)CSc1ccc2ccccc2c1)Cc1ccccc1)S(=O)(=O)c1ccc([N+](=O)[O-])cc1. The maximum Gasteiger partial charge on any atom is 0.269 e. The number of aliphatic hydroxyl groups excluding tert-OH is 1. The Morgan fingerprint density at radius 3 is 2.23 bits per heavy atom. The summed E-state index contributed by atoms with van der Waals surface area (Å²) in [6.07, 6.45) is 3.26. The van der Waals surface area contributed by atoms with Crippen molar-refractivity contribution in [2.45, 2.75) is 42.2 Å². The summed E-state index contributed by atoms with van der Waals surface area (Å²) >= 11 is 1.66. The number of sulfonamides is 1. The van der Waals surface area contributed by atoms with E-state index in [1.165, 1.54) is 39.3 Å². The molecule has 0 saturated heterocycles. The largest absolute Gasteiger partial charge is 0.391 e. The summed E-state index contributed by atoms with van der Waals surface area (Å²) in [6, 6.07) is 28.8. The van der Waals surface area contributed by atoms with Gasteiger partial charge in [-0.2, -0.15) is 4.31 Å². The minimum absolute atomic E-state index is 0.0151. The number of nitro benzene ring substituents is 1. The summed E-state index contributed by atoms with van der Waals surface area (Å²) in [5, 5.41) is 24.9. The molecule has 0 aliphatic carbocycles. The second kappa shape index (κ2) is 15.5. The van der Waals surface area contributed by atoms with E-state index in [4.69, 9.17) is 5.73 Å². The van der Waals surface area contributed by atoms with Crippen molar-refractivity contribution in [3.63, 3.8) is 0 Å². The van der Waals surface area contributed by atoms with Gasteiger partial charge in [0.25, 0.3) is 5.69 Å². The van der Waals surface area contributed by atoms with Gasteiger partial charge in [-0.3, -0.25) is 10.1 Å². The number of rotatable bonds is 15. The number of fused-ring (bicyclic) bond motifs is 1. The fourth-order valence-corrected chi connectivity index (χ4v) is 7.41. The summed E-state index contributed by atoms with van der Waals surface area (Å²) in [5.41, 5.74) is 7.29. The maximum absolute atomic E-state index is 13.6. The molecule has 0 amide bonds. The van der Waals surface area contributed by atoms with Crippen LogP contribution in [0.3, 0.4) is 0 Å². The van der Waals surface area contributed by atoms with Gasteiger partial charge in [0.2, 0.25) is 10.0 Å². The van der Waals surface area contributed by atoms with Crippen molar-refractivity contribution in [1.82, 2.24) is 4.31 Å². The van der Waals surface area contributed by atoms with E-state index in [0.717, 1.165) is 10.5 Å². The molecule has 4 aromatic carbocycles. The smallest absolute Gasteiger partial charge is 0.269 e. The standard InChI is InChI=1S/C34H39N3O5S2/c1-25(2)22-36(44(41,42)33-18-15-31(16-19-33)37(39)40)23-34(38)29(20-26-8-4-3-5-9-26)12-14-30(35)24-43-32-17-13-27-10-6-7-11-28(27)21-32/h3-19,21,25,29-30,34,38H,20,22-24,35H2,1-2H3/b14-12+/t29-,30-,34+/m0/s1. The van der Waals surface area contributed by atoms with Crippen LogP contribution in [0.5, 0.6) is 0 Å². The highest BCUT2D eigenvalue weighted by Gasteiger charge is 2.30. The molecule has 3 atom stereocenters. The summed E-state index contributed by atoms with van der Waals surface area (Å²) in [7, 11) is -4.03. The zero-order valence-corrected chi connectivity index (χ0v) is 26.5. The van der Waals surface area contributed by atoms with Crippen molar-refractivity contribution >= 4 is 38.2 Å². The van der Waals surface area contributed by atoms with Gasteiger partial charge in [-0.25, -0.2) is 8.42 Å². The van der Waals surface area contributed by atoms with Crippen LogP contribution in [0.1, 0.15) is 19.4 Å². The van der Waals surface area contributed by atoms with Crippen LogP contribution in [0, 0.1) is 22.0 Å². The second-order valence-electron chi connectivity index (χ2n) is 11.3. The molecular weight excluding hydrogens is 595 g/mol. The van der Waals surface area contributed by atoms with Crippen molar-refractivity contribution in [3.05, 3.63) is 125 Å². The summed E-state index contributed by atoms with van der Waals surface area (Å²) in [5.74, 6) is 0.214. The van der Waals surface area contributed by atoms with Gasteiger partial charge in [0.1, 0.15) is 0 Å². The lowest BCUT2D eigenvalue weighted by Crippen LogP contribution is -2.42. The van der Waals surface area contributed by atoms with Crippen molar-refractivity contribution in [2.24, 2.45) is 17.6 Å². The zero-order chi connectivity index (χ0) is 31.7. The van der Waals surface area contributed by atoms with Gasteiger partial charge in [-0.1, -0.05) is 86.7 Å². The Morgan fingerprint density at radius 1 is 0.909 bits per heavy atom. The first kappa shape index (κ1) is 33.4. The number of benzene rings is 4. The van der Waals surface area contributed by atoms with Crippen LogP contribution in [-0.2, 0) is 16.4 Å². The van der Waals surface area contributed by atoms with E-state index in [-0.39, 0.29) is 35.6 Å². The second-order valence-corrected chi connectivity index (χ2v) is 14.3. The molecule has 0 radical (unpaired) electrons. The van der Waals surface area contributed by atoms with E-state index < -0.39 is 27.0 Å². The van der Waals surface area contributed by atoms with Crippen LogP contribution >= 0.6 is 11.8 Å². The van der Waals surface area contributed by atoms with Crippen LogP contribution in [-0.4, -0.2) is 53.7 Å². The number of hydrogen-bond acceptors (Lipinski definition) is 7. The first-order chi connectivity index (χ1) is 21.0. The molecule has 8 nitrogen and oxygen atoms in total. The molecule has 0 unspecified atom stereocenters. The van der Waals surface area contributed by atoms with Crippen LogP contribution in [0.4, 0.5) is 5.69 Å². The van der Waals surface area contributed by atoms with E-state index in [2.05, 4.69) is 30.3 Å². The molecule has 0 fully saturated rings. The molecular formula is C34H39N3O5S2. The molecule has 0 aliphatic heterocycles. The average Bonchev–Trinajstić information content (AvgIpc) is 3.01. The molecule has 0 saturated carbocycles. The highest BCUT2D eigenvalue weighted by molar-refractivity contribution is 7.99. The van der Waals surface area contributed by atoms with E-state index in [1.54, 1.807) is 11.8 Å². The Kier molecular flexibility index (Phi) is 11.7. The van der Waals surface area contributed by atoms with E-state index in [1.807, 2.05) is 68.5 Å². The average molecular weight is 634 g/mol. The third kappa shape index (κ3) is 9.23. The maximum atomic E-state index is 13.6. The molecule has 0 bridgehead atoms. The molecule has 0 heterocycles. The fraction of sp³-hybridized carbons (Fsp3) is 0.294. The Balaban J connectivity index is 1.51. The third-order valence-electron chi connectivity index (χ3n) is 7.22. The molecule has 3 N–H and O–H groups in total. The van der Waals surface area contributed by atoms with Crippen molar-refractivity contribution in [3.8, 4) is 0 Å². The monoisotopic (exact) mass is 633 g/mol. The van der Waals surface area contributed by atoms with Crippen LogP contribution in [0.15, 0.2) is 119 Å². The van der Waals surface area contributed by atoms with Crippen LogP contribution in [0.2, 0.25) is 0 Å². The number of hydrogen-bond donors (Lipinski definition) is 2. The molecule has 4 rings (SSSR count). The summed E-state index contributed by atoms with van der Waals surface area (Å²) in [6.45, 7) is 3.84. The molecule has 0 aliphatic rings. The van der Waals surface area contributed by atoms with Gasteiger partial charge in [-0.15, -0.1) is 11.8 Å². The molecule has 232 valence electrons. The number of thioether (sulfide) groups is 1. The predicted octanol–water partition coefficient (Wildman–Crippen LogP) is 6.29. The Bertz CT molecular complexity index is 1660. The van der Waals surface area contributed by atoms with Gasteiger partial charge in [-0.05, 0) is 52.9 Å². The quantitative estimate of drug-likeness (QED) is 0.0682. The lowest BCUT2D eigenvalue weighted by Gasteiger charge is -2.29. The molecule has 10 heteroatoms. The van der Waals surface area contributed by atoms with Gasteiger partial charge >= 0.3 is 0 Å². The topological polar surface area (TPSA) is 127 Å². The first-order valence-electron chi connectivity index (χ1n) is 14.5. The molecule has 44 heavy (non-hydrogen) atoms. The number of non-ortho nitro benzene ring substituents is 1. The Labute approximate surface area is 263 Å². The van der Waals surface area contributed by atoms with Crippen molar-refractivity contribution < 1.29 is 18.4 Å². The van der Waals surface area contributed by atoms with Gasteiger partial charge < -0.3 is 10.8 Å². The van der Waals surface area contributed by atoms with Gasteiger partial charge in [0.15, 0.2) is 0 Å². The lowest BCUT2D eigenvalue weighted by molar-refractivity contribution is -0.384. The summed E-state index contributed by atoms with van der Waals surface area (Å²) in [4.78, 5) is 11.6. The molecule has 0 aromatic heterocycles. The van der Waals surface area contributed by atoms with Gasteiger partial charge in [0, 0.05) is 47.8 Å². The van der Waals surface area contributed by atoms with E-state index in [9.17, 15) is 23.6 Å². The normalized spacial score (nSPS) is 14.3. The Morgan fingerprint density at radius 2 is 1.57 bits per heavy atom. The number of nitrogens with two attached hydrogens (primary N) is 1. The minimum Gasteiger partial charge on any atom is -0.391 e. The highest BCUT2D eigenvalue weighted by Crippen LogP contribution is 2.26. The Hall–Kier alpha value is -3.54. The number of nitrogens with zero attached hydrogens (tertiary/aromatic N) is 2. The lowest BCUT2D eigenvalue weighted by atomic mass is 9.92. The third-order valence-corrected chi connectivity index (χ3v) is 10.2. The minimum atomic E-state index is -4.03. The number of aliphatic hydroxyl groups is 1. The zero-order valence-electron chi connectivity index (χ0n) is 24.9. The first-order valence-corrected chi connectivity index (χ1v) is 17.0. The highest BCUT2D eigenvalue weighted by atomic mass is 32.2. The van der Waals surface area contributed by atoms with E-state index >= 15 is 0 Å². The van der Waals surface area contributed by atoms with Crippen LogP contribution < -0.4 is 5.73 Å². The van der Waals surface area contributed by atoms with Crippen LogP contribution in [0.25, 0.3) is 10.8 Å². The van der Waals surface area contributed by atoms with E-state index in [0.29, 0.717) is 12.2 Å². The van der Waals surface area contributed by atoms with Crippen molar-refractivity contribution in [1.29, 1.82) is 0 Å². The molecule has 4 aromatic rings. The number of nitro groups is 1. The molecule has 0 spiro atoms. The predicted molar refractivity (Wildman–Crippen MR) is 178 cm³/mol.